The van der Waals surface area contributed by atoms with Crippen LogP contribution >= 0.6 is 24.0 Å². The first-order chi connectivity index (χ1) is 8.20. The molecule has 0 spiro atoms. The standard InChI is InChI=1S/C13H16O2S2/c1-3-6-10(13(16)17-9-4-2)12(14)11-7-5-8-15-11/h3,5,7-8,10H,1,4,6,9H2,2H3. The van der Waals surface area contributed by atoms with Crippen LogP contribution in [0.4, 0.5) is 0 Å². The Labute approximate surface area is 111 Å². The zero-order valence-electron chi connectivity index (χ0n) is 9.85. The maximum atomic E-state index is 12.2. The summed E-state index contributed by atoms with van der Waals surface area (Å²) < 4.78 is 5.85. The Balaban J connectivity index is 2.74. The zero-order chi connectivity index (χ0) is 12.7. The Morgan fingerprint density at radius 2 is 2.47 bits per heavy atom. The summed E-state index contributed by atoms with van der Waals surface area (Å²) in [5.41, 5.74) is 0. The predicted octanol–water partition coefficient (Wildman–Crippen LogP) is 4.13. The number of furan rings is 1. The van der Waals surface area contributed by atoms with Gasteiger partial charge < -0.3 is 4.42 Å². The molecule has 1 rings (SSSR count). The van der Waals surface area contributed by atoms with Crippen LogP contribution in [0.15, 0.2) is 35.5 Å². The molecule has 0 saturated heterocycles. The maximum Gasteiger partial charge on any atom is 0.207 e. The van der Waals surface area contributed by atoms with Crippen LogP contribution in [0.1, 0.15) is 30.3 Å². The van der Waals surface area contributed by atoms with E-state index in [2.05, 4.69) is 13.5 Å². The van der Waals surface area contributed by atoms with Gasteiger partial charge in [0.15, 0.2) is 5.76 Å². The van der Waals surface area contributed by atoms with Crippen molar-refractivity contribution in [2.45, 2.75) is 19.8 Å². The second-order valence-corrected chi connectivity index (χ2v) is 5.42. The Morgan fingerprint density at radius 3 is 3.00 bits per heavy atom. The van der Waals surface area contributed by atoms with Crippen LogP contribution in [0.3, 0.4) is 0 Å². The molecule has 0 aromatic carbocycles. The van der Waals surface area contributed by atoms with Crippen LogP contribution in [-0.2, 0) is 0 Å². The number of allylic oxidation sites excluding steroid dienone is 1. The van der Waals surface area contributed by atoms with E-state index in [9.17, 15) is 4.79 Å². The summed E-state index contributed by atoms with van der Waals surface area (Å²) in [6.07, 6.45) is 4.83. The SMILES string of the molecule is C=CCC(C(=O)c1ccco1)C(=S)SCCC. The number of thiocarbonyl (C=S) groups is 1. The Kier molecular flexibility index (Phi) is 6.22. The van der Waals surface area contributed by atoms with Crippen LogP contribution < -0.4 is 0 Å². The lowest BCUT2D eigenvalue weighted by Crippen LogP contribution is -2.20. The first kappa shape index (κ1) is 14.2. The van der Waals surface area contributed by atoms with E-state index in [1.807, 2.05) is 0 Å². The molecule has 4 heteroatoms. The van der Waals surface area contributed by atoms with Crippen LogP contribution in [0.2, 0.25) is 0 Å². The molecule has 0 aliphatic carbocycles. The molecule has 92 valence electrons. The van der Waals surface area contributed by atoms with E-state index in [4.69, 9.17) is 16.6 Å². The molecule has 1 aromatic rings. The lowest BCUT2D eigenvalue weighted by molar-refractivity contribution is 0.0930. The largest absolute Gasteiger partial charge is 0.461 e. The Hall–Kier alpha value is -0.870. The molecule has 17 heavy (non-hydrogen) atoms. The van der Waals surface area contributed by atoms with E-state index < -0.39 is 0 Å². The number of ketones is 1. The molecule has 1 aromatic heterocycles. The van der Waals surface area contributed by atoms with Crippen LogP contribution in [0, 0.1) is 5.92 Å². The number of carbonyl (C=O) groups excluding carboxylic acids is 1. The molecule has 0 fully saturated rings. The second kappa shape index (κ2) is 7.45. The smallest absolute Gasteiger partial charge is 0.207 e. The number of hydrogen-bond acceptors (Lipinski definition) is 4. The average Bonchev–Trinajstić information content (AvgIpc) is 2.86. The summed E-state index contributed by atoms with van der Waals surface area (Å²) >= 11 is 6.88. The van der Waals surface area contributed by atoms with Gasteiger partial charge in [-0.25, -0.2) is 0 Å². The second-order valence-electron chi connectivity index (χ2n) is 3.59. The van der Waals surface area contributed by atoms with Gasteiger partial charge in [0.1, 0.15) is 0 Å². The maximum absolute atomic E-state index is 12.2. The number of thioether (sulfide) groups is 1. The minimum Gasteiger partial charge on any atom is -0.461 e. The quantitative estimate of drug-likeness (QED) is 0.422. The summed E-state index contributed by atoms with van der Waals surface area (Å²) in [6, 6.07) is 3.38. The topological polar surface area (TPSA) is 30.2 Å². The van der Waals surface area contributed by atoms with E-state index in [0.29, 0.717) is 12.2 Å². The van der Waals surface area contributed by atoms with Gasteiger partial charge >= 0.3 is 0 Å². The molecule has 0 aliphatic rings. The zero-order valence-corrected chi connectivity index (χ0v) is 11.5. The highest BCUT2D eigenvalue weighted by atomic mass is 32.2. The fourth-order valence-electron chi connectivity index (χ4n) is 1.37. The first-order valence-corrected chi connectivity index (χ1v) is 6.95. The van der Waals surface area contributed by atoms with Gasteiger partial charge in [-0.2, -0.15) is 0 Å². The molecule has 1 unspecified atom stereocenters. The minimum atomic E-state index is -0.301. The van der Waals surface area contributed by atoms with Crippen LogP contribution in [-0.4, -0.2) is 15.7 Å². The van der Waals surface area contributed by atoms with E-state index in [-0.39, 0.29) is 11.7 Å². The lowest BCUT2D eigenvalue weighted by Gasteiger charge is -2.13. The van der Waals surface area contributed by atoms with E-state index in [0.717, 1.165) is 16.4 Å². The van der Waals surface area contributed by atoms with Crippen molar-refractivity contribution in [2.24, 2.45) is 5.92 Å². The van der Waals surface area contributed by atoms with Crippen molar-refractivity contribution < 1.29 is 9.21 Å². The molecule has 0 aliphatic heterocycles. The van der Waals surface area contributed by atoms with Crippen molar-refractivity contribution >= 4 is 34.0 Å². The third-order valence-electron chi connectivity index (χ3n) is 2.22. The minimum absolute atomic E-state index is 0.0523. The van der Waals surface area contributed by atoms with Crippen molar-refractivity contribution in [1.82, 2.24) is 0 Å². The highest BCUT2D eigenvalue weighted by molar-refractivity contribution is 8.23. The third-order valence-corrected chi connectivity index (χ3v) is 4.04. The normalized spacial score (nSPS) is 12.1. The van der Waals surface area contributed by atoms with E-state index >= 15 is 0 Å². The van der Waals surface area contributed by atoms with Crippen molar-refractivity contribution in [1.29, 1.82) is 0 Å². The van der Waals surface area contributed by atoms with Crippen LogP contribution in [0.25, 0.3) is 0 Å². The van der Waals surface area contributed by atoms with E-state index in [1.54, 1.807) is 30.0 Å². The van der Waals surface area contributed by atoms with Gasteiger partial charge in [-0.1, -0.05) is 25.2 Å². The molecule has 0 saturated carbocycles. The number of hydrogen-bond donors (Lipinski definition) is 0. The number of rotatable bonds is 7. The van der Waals surface area contributed by atoms with Gasteiger partial charge in [0.05, 0.1) is 16.4 Å². The molecule has 0 N–H and O–H groups in total. The lowest BCUT2D eigenvalue weighted by atomic mass is 10.0. The summed E-state index contributed by atoms with van der Waals surface area (Å²) in [7, 11) is 0. The molecule has 0 radical (unpaired) electrons. The summed E-state index contributed by atoms with van der Waals surface area (Å²) in [5, 5.41) is 0. The van der Waals surface area contributed by atoms with Gasteiger partial charge in [-0.15, -0.1) is 18.3 Å². The van der Waals surface area contributed by atoms with E-state index in [1.165, 1.54) is 6.26 Å². The van der Waals surface area contributed by atoms with Gasteiger partial charge in [0.2, 0.25) is 5.78 Å². The molecule has 1 atom stereocenters. The molecule has 0 amide bonds. The predicted molar refractivity (Wildman–Crippen MR) is 76.7 cm³/mol. The fraction of sp³-hybridized carbons (Fsp3) is 0.385. The molecule has 0 bridgehead atoms. The van der Waals surface area contributed by atoms with Gasteiger partial charge in [0, 0.05) is 0 Å². The van der Waals surface area contributed by atoms with Crippen molar-refractivity contribution in [3.8, 4) is 0 Å². The number of Topliss-reactive ketones (excluding diaryl/α,β-unsaturated/α-hetero) is 1. The highest BCUT2D eigenvalue weighted by Crippen LogP contribution is 2.22. The van der Waals surface area contributed by atoms with Crippen molar-refractivity contribution in [3.63, 3.8) is 0 Å². The fourth-order valence-corrected chi connectivity index (χ4v) is 2.63. The summed E-state index contributed by atoms with van der Waals surface area (Å²) in [6.45, 7) is 5.76. The Bertz CT molecular complexity index is 382. The Morgan fingerprint density at radius 1 is 1.71 bits per heavy atom. The van der Waals surface area contributed by atoms with Crippen molar-refractivity contribution in [2.75, 3.05) is 5.75 Å². The highest BCUT2D eigenvalue weighted by Gasteiger charge is 2.25. The molecular weight excluding hydrogens is 252 g/mol. The molecular formula is C13H16O2S2. The molecule has 2 nitrogen and oxygen atoms in total. The number of carbonyl (C=O) groups is 1. The third kappa shape index (κ3) is 4.13. The molecule has 1 heterocycles. The summed E-state index contributed by atoms with van der Waals surface area (Å²) in [4.78, 5) is 12.2. The summed E-state index contributed by atoms with van der Waals surface area (Å²) in [5.74, 6) is 0.961. The first-order valence-electron chi connectivity index (χ1n) is 5.56. The van der Waals surface area contributed by atoms with Gasteiger partial charge in [-0.05, 0) is 30.7 Å². The van der Waals surface area contributed by atoms with Gasteiger partial charge in [0.25, 0.3) is 0 Å². The average molecular weight is 268 g/mol. The van der Waals surface area contributed by atoms with Crippen molar-refractivity contribution in [3.05, 3.63) is 36.8 Å². The monoisotopic (exact) mass is 268 g/mol. The van der Waals surface area contributed by atoms with Gasteiger partial charge in [-0.3, -0.25) is 4.79 Å². The van der Waals surface area contributed by atoms with Crippen LogP contribution in [0.5, 0.6) is 0 Å².